The normalized spacial score (nSPS) is 24.3. The fourth-order valence-electron chi connectivity index (χ4n) is 4.06. The van der Waals surface area contributed by atoms with Crippen molar-refractivity contribution in [1.82, 2.24) is 14.8 Å². The molecule has 25 heavy (non-hydrogen) atoms. The molecule has 0 N–H and O–H groups in total. The van der Waals surface area contributed by atoms with Gasteiger partial charge in [-0.15, -0.1) is 0 Å². The summed E-state index contributed by atoms with van der Waals surface area (Å²) in [7, 11) is 0. The van der Waals surface area contributed by atoms with Gasteiger partial charge < -0.3 is 9.80 Å². The zero-order chi connectivity index (χ0) is 17.7. The van der Waals surface area contributed by atoms with Crippen molar-refractivity contribution < 1.29 is 9.59 Å². The minimum atomic E-state index is 0.0603. The first-order chi connectivity index (χ1) is 12.1. The molecule has 0 radical (unpaired) electrons. The van der Waals surface area contributed by atoms with Crippen molar-refractivity contribution in [2.75, 3.05) is 19.6 Å². The highest BCUT2D eigenvalue weighted by molar-refractivity contribution is 5.78. The van der Waals surface area contributed by atoms with Gasteiger partial charge in [-0.25, -0.2) is 0 Å². The Morgan fingerprint density at radius 3 is 2.84 bits per heavy atom. The van der Waals surface area contributed by atoms with Crippen molar-refractivity contribution in [1.29, 1.82) is 0 Å². The number of hydrogen-bond acceptors (Lipinski definition) is 3. The molecular formula is C20H27N3O2. The van der Waals surface area contributed by atoms with E-state index < -0.39 is 0 Å². The van der Waals surface area contributed by atoms with Crippen molar-refractivity contribution in [2.45, 2.75) is 45.6 Å². The molecule has 3 heterocycles. The maximum Gasteiger partial charge on any atom is 0.226 e. The topological polar surface area (TPSA) is 53.5 Å². The molecule has 2 aliphatic heterocycles. The third-order valence-electron chi connectivity index (χ3n) is 5.41. The zero-order valence-corrected chi connectivity index (χ0v) is 15.0. The second-order valence-corrected chi connectivity index (χ2v) is 7.30. The number of carbonyl (C=O) groups excluding carboxylic acids is 2. The lowest BCUT2D eigenvalue weighted by atomic mass is 9.73. The van der Waals surface area contributed by atoms with Gasteiger partial charge in [-0.05, 0) is 43.9 Å². The molecule has 1 atom stereocenters. The maximum absolute atomic E-state index is 12.4. The Hall–Kier alpha value is -2.17. The third-order valence-corrected chi connectivity index (χ3v) is 5.41. The molecule has 2 saturated heterocycles. The van der Waals surface area contributed by atoms with E-state index in [1.807, 2.05) is 41.0 Å². The Balaban J connectivity index is 1.68. The molecule has 5 heteroatoms. The van der Waals surface area contributed by atoms with Crippen molar-refractivity contribution in [2.24, 2.45) is 5.41 Å². The van der Waals surface area contributed by atoms with Crippen LogP contribution in [-0.2, 0) is 16.1 Å². The van der Waals surface area contributed by atoms with Gasteiger partial charge in [0, 0.05) is 56.8 Å². The molecule has 2 fully saturated rings. The van der Waals surface area contributed by atoms with Crippen molar-refractivity contribution >= 4 is 11.8 Å². The minimum Gasteiger partial charge on any atom is -0.342 e. The molecule has 0 bridgehead atoms. The lowest BCUT2D eigenvalue weighted by Gasteiger charge is -2.48. The Morgan fingerprint density at radius 2 is 2.08 bits per heavy atom. The molecule has 0 aliphatic carbocycles. The summed E-state index contributed by atoms with van der Waals surface area (Å²) in [6, 6.07) is 3.92. The van der Waals surface area contributed by atoms with E-state index in [4.69, 9.17) is 0 Å². The smallest absolute Gasteiger partial charge is 0.226 e. The van der Waals surface area contributed by atoms with E-state index in [1.54, 1.807) is 12.4 Å². The second kappa shape index (κ2) is 7.81. The highest BCUT2D eigenvalue weighted by atomic mass is 16.2. The molecule has 1 aromatic heterocycles. The monoisotopic (exact) mass is 341 g/mol. The number of aromatic nitrogens is 1. The van der Waals surface area contributed by atoms with Crippen LogP contribution in [0.4, 0.5) is 0 Å². The first kappa shape index (κ1) is 17.6. The van der Waals surface area contributed by atoms with Gasteiger partial charge in [0.2, 0.25) is 11.8 Å². The molecule has 1 unspecified atom stereocenters. The summed E-state index contributed by atoms with van der Waals surface area (Å²) in [4.78, 5) is 32.8. The number of amides is 2. The summed E-state index contributed by atoms with van der Waals surface area (Å²) in [5.74, 6) is 0.426. The van der Waals surface area contributed by atoms with Crippen LogP contribution < -0.4 is 0 Å². The Bertz CT molecular complexity index is 644. The average molecular weight is 341 g/mol. The summed E-state index contributed by atoms with van der Waals surface area (Å²) in [6.45, 7) is 4.95. The van der Waals surface area contributed by atoms with Crippen LogP contribution in [0.5, 0.6) is 0 Å². The number of nitrogens with zero attached hydrogens (tertiary/aromatic N) is 3. The molecule has 2 aliphatic rings. The van der Waals surface area contributed by atoms with Crippen LogP contribution in [-0.4, -0.2) is 46.2 Å². The lowest BCUT2D eigenvalue weighted by molar-refractivity contribution is -0.143. The molecule has 3 rings (SSSR count). The van der Waals surface area contributed by atoms with Crippen molar-refractivity contribution in [3.05, 3.63) is 42.2 Å². The van der Waals surface area contributed by atoms with Gasteiger partial charge in [-0.3, -0.25) is 14.6 Å². The quantitative estimate of drug-likeness (QED) is 0.791. The zero-order valence-electron chi connectivity index (χ0n) is 15.0. The van der Waals surface area contributed by atoms with E-state index in [2.05, 4.69) is 4.98 Å². The van der Waals surface area contributed by atoms with Gasteiger partial charge in [0.15, 0.2) is 0 Å². The maximum atomic E-state index is 12.4. The first-order valence-corrected chi connectivity index (χ1v) is 9.17. The fourth-order valence-corrected chi connectivity index (χ4v) is 4.06. The molecular weight excluding hydrogens is 314 g/mol. The SMILES string of the molecule is CC=CCC(=O)N1CCCC2(CCC(=O)N(Cc3ccncc3)C2)C1. The Labute approximate surface area is 149 Å². The number of carbonyl (C=O) groups is 2. The molecule has 0 aromatic carbocycles. The predicted octanol–water partition coefficient (Wildman–Crippen LogP) is 2.78. The van der Waals surface area contributed by atoms with Crippen molar-refractivity contribution in [3.63, 3.8) is 0 Å². The lowest BCUT2D eigenvalue weighted by Crippen LogP contribution is -2.54. The highest BCUT2D eigenvalue weighted by Crippen LogP contribution is 2.39. The number of rotatable bonds is 4. The van der Waals surface area contributed by atoms with E-state index in [1.165, 1.54) is 0 Å². The van der Waals surface area contributed by atoms with Gasteiger partial charge in [0.25, 0.3) is 0 Å². The van der Waals surface area contributed by atoms with Gasteiger partial charge in [0.05, 0.1) is 0 Å². The molecule has 1 spiro atoms. The number of hydrogen-bond donors (Lipinski definition) is 0. The first-order valence-electron chi connectivity index (χ1n) is 9.17. The van der Waals surface area contributed by atoms with Gasteiger partial charge in [-0.2, -0.15) is 0 Å². The standard InChI is InChI=1S/C20H27N3O2/c1-2-3-5-18(24)22-13-4-9-20(15-22)10-6-19(25)23(16-20)14-17-7-11-21-12-8-17/h2-3,7-8,11-12H,4-6,9-10,13-16H2,1H3. The second-order valence-electron chi connectivity index (χ2n) is 7.30. The van der Waals surface area contributed by atoms with Crippen LogP contribution in [0.2, 0.25) is 0 Å². The third kappa shape index (κ3) is 4.27. The molecule has 2 amide bonds. The van der Waals surface area contributed by atoms with E-state index in [-0.39, 0.29) is 17.2 Å². The summed E-state index contributed by atoms with van der Waals surface area (Å²) < 4.78 is 0. The van der Waals surface area contributed by atoms with Crippen LogP contribution in [0, 0.1) is 5.41 Å². The summed E-state index contributed by atoms with van der Waals surface area (Å²) >= 11 is 0. The van der Waals surface area contributed by atoms with Crippen LogP contribution in [0.1, 0.15) is 44.6 Å². The summed E-state index contributed by atoms with van der Waals surface area (Å²) in [5, 5.41) is 0. The minimum absolute atomic E-state index is 0.0603. The van der Waals surface area contributed by atoms with Crippen LogP contribution >= 0.6 is 0 Å². The fraction of sp³-hybridized carbons (Fsp3) is 0.550. The molecule has 5 nitrogen and oxygen atoms in total. The van der Waals surface area contributed by atoms with E-state index in [0.29, 0.717) is 19.4 Å². The molecule has 0 saturated carbocycles. The highest BCUT2D eigenvalue weighted by Gasteiger charge is 2.42. The summed E-state index contributed by atoms with van der Waals surface area (Å²) in [5.41, 5.74) is 1.17. The van der Waals surface area contributed by atoms with Crippen LogP contribution in [0.15, 0.2) is 36.7 Å². The van der Waals surface area contributed by atoms with Gasteiger partial charge >= 0.3 is 0 Å². The van der Waals surface area contributed by atoms with E-state index in [0.717, 1.165) is 44.5 Å². The average Bonchev–Trinajstić information content (AvgIpc) is 2.64. The van der Waals surface area contributed by atoms with E-state index >= 15 is 0 Å². The molecule has 134 valence electrons. The number of allylic oxidation sites excluding steroid dienone is 1. The summed E-state index contributed by atoms with van der Waals surface area (Å²) in [6.07, 6.45) is 11.5. The Kier molecular flexibility index (Phi) is 5.51. The Morgan fingerprint density at radius 1 is 1.28 bits per heavy atom. The van der Waals surface area contributed by atoms with Crippen LogP contribution in [0.3, 0.4) is 0 Å². The number of pyridine rings is 1. The number of likely N-dealkylation sites (tertiary alicyclic amines) is 2. The van der Waals surface area contributed by atoms with Crippen LogP contribution in [0.25, 0.3) is 0 Å². The van der Waals surface area contributed by atoms with Gasteiger partial charge in [0.1, 0.15) is 0 Å². The van der Waals surface area contributed by atoms with Gasteiger partial charge in [-0.1, -0.05) is 12.2 Å². The molecule has 1 aromatic rings. The largest absolute Gasteiger partial charge is 0.342 e. The predicted molar refractivity (Wildman–Crippen MR) is 96.6 cm³/mol. The van der Waals surface area contributed by atoms with E-state index in [9.17, 15) is 9.59 Å². The van der Waals surface area contributed by atoms with Crippen molar-refractivity contribution in [3.8, 4) is 0 Å². The number of piperidine rings is 2.